The molecule has 0 atom stereocenters. The zero-order valence-electron chi connectivity index (χ0n) is 6.47. The van der Waals surface area contributed by atoms with Gasteiger partial charge in [-0.25, -0.2) is 0 Å². The first-order chi connectivity index (χ1) is 5.45. The molecule has 0 saturated heterocycles. The van der Waals surface area contributed by atoms with Crippen LogP contribution in [-0.2, 0) is 14.2 Å². The molecule has 0 aliphatic carbocycles. The maximum Gasteiger partial charge on any atom is 0.325 e. The van der Waals surface area contributed by atoms with Crippen LogP contribution in [0.3, 0.4) is 0 Å². The Labute approximate surface area is 69.8 Å². The van der Waals surface area contributed by atoms with Crippen molar-refractivity contribution < 1.29 is 24.0 Å². The Hall–Kier alpha value is -0.420. The van der Waals surface area contributed by atoms with Crippen LogP contribution >= 0.6 is 7.60 Å². The van der Waals surface area contributed by atoms with Gasteiger partial charge in [0.25, 0.3) is 0 Å². The highest BCUT2D eigenvalue weighted by Gasteiger charge is 2.12. The van der Waals surface area contributed by atoms with E-state index in [2.05, 4.69) is 10.7 Å². The second-order valence-electron chi connectivity index (χ2n) is 2.34. The van der Waals surface area contributed by atoms with Crippen LogP contribution in [-0.4, -0.2) is 21.9 Å². The summed E-state index contributed by atoms with van der Waals surface area (Å²) in [6, 6.07) is 0. The lowest BCUT2D eigenvalue weighted by atomic mass is 10.2. The molecule has 0 radical (unpaired) electrons. The summed E-state index contributed by atoms with van der Waals surface area (Å²) in [5.74, 6) is 3.97. The van der Waals surface area contributed by atoms with Crippen molar-refractivity contribution in [3.63, 3.8) is 0 Å². The summed E-state index contributed by atoms with van der Waals surface area (Å²) in [6.07, 6.45) is 0.557. The van der Waals surface area contributed by atoms with Gasteiger partial charge < -0.3 is 14.6 Å². The molecule has 0 saturated carbocycles. The van der Waals surface area contributed by atoms with E-state index in [1.807, 2.05) is 0 Å². The molecule has 0 heterocycles. The highest BCUT2D eigenvalue weighted by Crippen LogP contribution is 2.35. The summed E-state index contributed by atoms with van der Waals surface area (Å²) >= 11 is 0. The first kappa shape index (κ1) is 11.6. The third kappa shape index (κ3) is 7.68. The van der Waals surface area contributed by atoms with Crippen LogP contribution in [0.5, 0.6) is 0 Å². The highest BCUT2D eigenvalue weighted by atomic mass is 31.2. The average Bonchev–Trinajstić information content (AvgIpc) is 1.96. The first-order valence-corrected chi connectivity index (χ1v) is 5.19. The summed E-state index contributed by atoms with van der Waals surface area (Å²) < 4.78 is 10.3. The average molecular weight is 197 g/mol. The molecule has 0 aliphatic rings. The number of nitrogens with two attached hydrogens (primary N) is 1. The van der Waals surface area contributed by atoms with Gasteiger partial charge >= 0.3 is 13.6 Å². The maximum absolute atomic E-state index is 10.4. The molecular weight excluding hydrogens is 185 g/mol. The van der Waals surface area contributed by atoms with Gasteiger partial charge in [-0.05, 0) is 12.8 Å². The second-order valence-corrected chi connectivity index (χ2v) is 4.11. The van der Waals surface area contributed by atoms with E-state index in [9.17, 15) is 9.36 Å². The van der Waals surface area contributed by atoms with Crippen molar-refractivity contribution in [2.75, 3.05) is 6.16 Å². The molecule has 0 spiro atoms. The number of hydrogen-bond acceptors (Lipinski definition) is 4. The van der Waals surface area contributed by atoms with Gasteiger partial charge in [0.05, 0.1) is 0 Å². The van der Waals surface area contributed by atoms with E-state index in [0.717, 1.165) is 0 Å². The zero-order valence-corrected chi connectivity index (χ0v) is 7.37. The molecule has 7 heteroatoms. The minimum atomic E-state index is -3.92. The molecule has 0 fully saturated rings. The van der Waals surface area contributed by atoms with Crippen molar-refractivity contribution in [3.8, 4) is 0 Å². The van der Waals surface area contributed by atoms with Crippen LogP contribution in [0, 0.1) is 0 Å². The number of unbranched alkanes of at least 4 members (excludes halogenated alkanes) is 1. The maximum atomic E-state index is 10.4. The van der Waals surface area contributed by atoms with Gasteiger partial charge in [-0.15, -0.1) is 0 Å². The Kier molecular flexibility index (Phi) is 5.08. The fourth-order valence-corrected chi connectivity index (χ4v) is 1.28. The van der Waals surface area contributed by atoms with Crippen LogP contribution in [0.1, 0.15) is 19.3 Å². The van der Waals surface area contributed by atoms with Crippen LogP contribution < -0.4 is 5.90 Å². The Bertz CT molecular complexity index is 188. The van der Waals surface area contributed by atoms with E-state index < -0.39 is 13.6 Å². The summed E-state index contributed by atoms with van der Waals surface area (Å²) in [5.41, 5.74) is 0. The van der Waals surface area contributed by atoms with Gasteiger partial charge in [-0.1, -0.05) is 0 Å². The molecule has 0 bridgehead atoms. The highest BCUT2D eigenvalue weighted by molar-refractivity contribution is 7.51. The molecule has 0 aromatic heterocycles. The molecule has 0 unspecified atom stereocenters. The normalized spacial score (nSPS) is 11.2. The third-order valence-corrected chi connectivity index (χ3v) is 2.11. The van der Waals surface area contributed by atoms with E-state index in [0.29, 0.717) is 12.8 Å². The van der Waals surface area contributed by atoms with Gasteiger partial charge in [0, 0.05) is 12.6 Å². The lowest BCUT2D eigenvalue weighted by molar-refractivity contribution is -0.144. The molecular formula is C5H12NO5P. The minimum Gasteiger partial charge on any atom is -0.373 e. The molecule has 0 aromatic rings. The van der Waals surface area contributed by atoms with Crippen LogP contribution in [0.25, 0.3) is 0 Å². The molecule has 0 amide bonds. The number of carbonyl (C=O) groups is 1. The van der Waals surface area contributed by atoms with E-state index >= 15 is 0 Å². The van der Waals surface area contributed by atoms with E-state index in [-0.39, 0.29) is 12.6 Å². The van der Waals surface area contributed by atoms with Crippen LogP contribution in [0.15, 0.2) is 0 Å². The standard InChI is InChI=1S/C5H12NO5P/c6-11-5(7)3-1-2-4-12(8,9)10/h1-4,6H2,(H2,8,9,10). The second kappa shape index (κ2) is 5.27. The predicted molar refractivity (Wildman–Crippen MR) is 41.0 cm³/mol. The van der Waals surface area contributed by atoms with Crippen molar-refractivity contribution in [3.05, 3.63) is 0 Å². The Morgan fingerprint density at radius 3 is 2.42 bits per heavy atom. The van der Waals surface area contributed by atoms with Crippen LogP contribution in [0.2, 0.25) is 0 Å². The van der Waals surface area contributed by atoms with E-state index in [1.165, 1.54) is 0 Å². The Morgan fingerprint density at radius 2 is 2.00 bits per heavy atom. The van der Waals surface area contributed by atoms with E-state index in [1.54, 1.807) is 0 Å². The summed E-state index contributed by atoms with van der Waals surface area (Å²) in [7, 11) is -3.92. The lowest BCUT2D eigenvalue weighted by Gasteiger charge is -2.01. The summed E-state index contributed by atoms with van der Waals surface area (Å²) in [4.78, 5) is 31.1. The van der Waals surface area contributed by atoms with Gasteiger partial charge in [0.1, 0.15) is 0 Å². The molecule has 0 aromatic carbocycles. The van der Waals surface area contributed by atoms with Gasteiger partial charge in [0.2, 0.25) is 0 Å². The Morgan fingerprint density at radius 1 is 1.42 bits per heavy atom. The van der Waals surface area contributed by atoms with Gasteiger partial charge in [-0.2, -0.15) is 5.90 Å². The van der Waals surface area contributed by atoms with Crippen molar-refractivity contribution in [1.29, 1.82) is 0 Å². The fraction of sp³-hybridized carbons (Fsp3) is 0.800. The predicted octanol–water partition coefficient (Wildman–Crippen LogP) is -0.249. The van der Waals surface area contributed by atoms with Crippen molar-refractivity contribution in [2.45, 2.75) is 19.3 Å². The fourth-order valence-electron chi connectivity index (χ4n) is 0.646. The van der Waals surface area contributed by atoms with Crippen molar-refractivity contribution in [1.82, 2.24) is 0 Å². The van der Waals surface area contributed by atoms with Crippen molar-refractivity contribution >= 4 is 13.6 Å². The zero-order chi connectivity index (χ0) is 9.61. The number of carbonyl (C=O) groups excluding carboxylic acids is 1. The summed E-state index contributed by atoms with van der Waals surface area (Å²) in [5, 5.41) is 0. The first-order valence-electron chi connectivity index (χ1n) is 3.40. The topological polar surface area (TPSA) is 110 Å². The molecule has 0 rings (SSSR count). The monoisotopic (exact) mass is 197 g/mol. The largest absolute Gasteiger partial charge is 0.373 e. The molecule has 72 valence electrons. The molecule has 4 N–H and O–H groups in total. The molecule has 6 nitrogen and oxygen atoms in total. The quantitative estimate of drug-likeness (QED) is 0.318. The van der Waals surface area contributed by atoms with Crippen LogP contribution in [0.4, 0.5) is 0 Å². The summed E-state index contributed by atoms with van der Waals surface area (Å²) in [6.45, 7) is 0. The SMILES string of the molecule is NOC(=O)CCCCP(=O)(O)O. The number of rotatable bonds is 5. The number of hydrogen-bond donors (Lipinski definition) is 3. The smallest absolute Gasteiger partial charge is 0.325 e. The van der Waals surface area contributed by atoms with E-state index in [4.69, 9.17) is 9.79 Å². The Balaban J connectivity index is 3.34. The minimum absolute atomic E-state index is 0.0938. The lowest BCUT2D eigenvalue weighted by Crippen LogP contribution is -2.09. The third-order valence-electron chi connectivity index (χ3n) is 1.21. The molecule has 0 aliphatic heterocycles. The van der Waals surface area contributed by atoms with Gasteiger partial charge in [-0.3, -0.25) is 9.36 Å². The molecule has 12 heavy (non-hydrogen) atoms. The van der Waals surface area contributed by atoms with Crippen molar-refractivity contribution in [2.24, 2.45) is 5.90 Å². The van der Waals surface area contributed by atoms with Gasteiger partial charge in [0.15, 0.2) is 0 Å².